The van der Waals surface area contributed by atoms with Gasteiger partial charge in [-0.15, -0.1) is 0 Å². The second-order valence-corrected chi connectivity index (χ2v) is 3.99. The molecule has 1 aromatic rings. The third-order valence-electron chi connectivity index (χ3n) is 2.56. The predicted octanol–water partition coefficient (Wildman–Crippen LogP) is 1.20. The standard InChI is InChI=1S/C12H21N3/c1-11(10-13)2-6-14-7-3-12-4-8-15-9-5-12/h4-5,8-9,11,14H,2-3,6-7,10,13H2,1H3. The van der Waals surface area contributed by atoms with Gasteiger partial charge >= 0.3 is 0 Å². The van der Waals surface area contributed by atoms with E-state index in [2.05, 4.69) is 29.4 Å². The summed E-state index contributed by atoms with van der Waals surface area (Å²) in [5.74, 6) is 0.624. The Bertz CT molecular complexity index is 248. The molecule has 0 aliphatic carbocycles. The molecule has 3 heteroatoms. The smallest absolute Gasteiger partial charge is 0.0270 e. The van der Waals surface area contributed by atoms with Gasteiger partial charge in [0, 0.05) is 12.4 Å². The molecule has 3 N–H and O–H groups in total. The molecule has 0 spiro atoms. The van der Waals surface area contributed by atoms with Crippen LogP contribution in [0.1, 0.15) is 18.9 Å². The third kappa shape index (κ3) is 5.50. The molecule has 1 heterocycles. The van der Waals surface area contributed by atoms with Crippen LogP contribution in [-0.2, 0) is 6.42 Å². The van der Waals surface area contributed by atoms with Gasteiger partial charge in [-0.25, -0.2) is 0 Å². The van der Waals surface area contributed by atoms with Gasteiger partial charge in [0.1, 0.15) is 0 Å². The van der Waals surface area contributed by atoms with Gasteiger partial charge in [0.15, 0.2) is 0 Å². The topological polar surface area (TPSA) is 50.9 Å². The van der Waals surface area contributed by atoms with Crippen molar-refractivity contribution in [3.63, 3.8) is 0 Å². The minimum atomic E-state index is 0.624. The second kappa shape index (κ2) is 7.37. The van der Waals surface area contributed by atoms with Crippen LogP contribution in [0.25, 0.3) is 0 Å². The molecular formula is C12H21N3. The fraction of sp³-hybridized carbons (Fsp3) is 0.583. The van der Waals surface area contributed by atoms with Crippen LogP contribution in [0.4, 0.5) is 0 Å². The summed E-state index contributed by atoms with van der Waals surface area (Å²) in [4.78, 5) is 3.99. The average Bonchev–Trinajstić information content (AvgIpc) is 2.29. The van der Waals surface area contributed by atoms with Crippen LogP contribution < -0.4 is 11.1 Å². The Morgan fingerprint density at radius 2 is 2.07 bits per heavy atom. The maximum absolute atomic E-state index is 5.54. The van der Waals surface area contributed by atoms with E-state index in [9.17, 15) is 0 Å². The van der Waals surface area contributed by atoms with Crippen LogP contribution >= 0.6 is 0 Å². The molecule has 0 bridgehead atoms. The molecular weight excluding hydrogens is 186 g/mol. The van der Waals surface area contributed by atoms with Gasteiger partial charge in [-0.05, 0) is 56.1 Å². The molecule has 0 aliphatic rings. The highest BCUT2D eigenvalue weighted by Crippen LogP contribution is 1.98. The summed E-state index contributed by atoms with van der Waals surface area (Å²) in [7, 11) is 0. The maximum Gasteiger partial charge on any atom is 0.0270 e. The van der Waals surface area contributed by atoms with E-state index in [-0.39, 0.29) is 0 Å². The highest BCUT2D eigenvalue weighted by molar-refractivity contribution is 5.09. The predicted molar refractivity (Wildman–Crippen MR) is 63.6 cm³/mol. The van der Waals surface area contributed by atoms with Gasteiger partial charge in [-0.3, -0.25) is 4.98 Å². The molecule has 0 aliphatic heterocycles. The highest BCUT2D eigenvalue weighted by atomic mass is 14.8. The number of hydrogen-bond acceptors (Lipinski definition) is 3. The minimum absolute atomic E-state index is 0.624. The first kappa shape index (κ1) is 12.1. The second-order valence-electron chi connectivity index (χ2n) is 3.99. The zero-order valence-electron chi connectivity index (χ0n) is 9.45. The Kier molecular flexibility index (Phi) is 5.97. The zero-order chi connectivity index (χ0) is 10.9. The molecule has 0 fully saturated rings. The normalized spacial score (nSPS) is 12.7. The number of nitrogens with one attached hydrogen (secondary N) is 1. The van der Waals surface area contributed by atoms with Crippen molar-refractivity contribution in [3.05, 3.63) is 30.1 Å². The average molecular weight is 207 g/mol. The summed E-state index contributed by atoms with van der Waals surface area (Å²) in [6, 6.07) is 4.12. The SMILES string of the molecule is CC(CN)CCNCCc1ccncc1. The van der Waals surface area contributed by atoms with Crippen molar-refractivity contribution in [2.45, 2.75) is 19.8 Å². The van der Waals surface area contributed by atoms with Gasteiger partial charge in [0.25, 0.3) is 0 Å². The lowest BCUT2D eigenvalue weighted by molar-refractivity contribution is 0.511. The number of aromatic nitrogens is 1. The van der Waals surface area contributed by atoms with Crippen molar-refractivity contribution in [1.82, 2.24) is 10.3 Å². The number of rotatable bonds is 7. The van der Waals surface area contributed by atoms with Gasteiger partial charge < -0.3 is 11.1 Å². The molecule has 84 valence electrons. The van der Waals surface area contributed by atoms with E-state index in [1.807, 2.05) is 12.4 Å². The molecule has 0 saturated carbocycles. The van der Waals surface area contributed by atoms with Gasteiger partial charge in [-0.2, -0.15) is 0 Å². The number of pyridine rings is 1. The van der Waals surface area contributed by atoms with Gasteiger partial charge in [0.05, 0.1) is 0 Å². The van der Waals surface area contributed by atoms with E-state index in [0.29, 0.717) is 5.92 Å². The van der Waals surface area contributed by atoms with Gasteiger partial charge in [-0.1, -0.05) is 6.92 Å². The molecule has 1 atom stereocenters. The Labute approximate surface area is 92.1 Å². The fourth-order valence-electron chi connectivity index (χ4n) is 1.37. The molecule has 0 amide bonds. The number of nitrogens with two attached hydrogens (primary N) is 1. The summed E-state index contributed by atoms with van der Waals surface area (Å²) >= 11 is 0. The van der Waals surface area contributed by atoms with Crippen molar-refractivity contribution >= 4 is 0 Å². The lowest BCUT2D eigenvalue weighted by Gasteiger charge is -2.09. The molecule has 15 heavy (non-hydrogen) atoms. The third-order valence-corrected chi connectivity index (χ3v) is 2.56. The molecule has 0 radical (unpaired) electrons. The first-order chi connectivity index (χ1) is 7.33. The summed E-state index contributed by atoms with van der Waals surface area (Å²) in [5.41, 5.74) is 6.88. The summed E-state index contributed by atoms with van der Waals surface area (Å²) in [6.07, 6.45) is 5.91. The molecule has 0 saturated heterocycles. The summed E-state index contributed by atoms with van der Waals surface area (Å²) in [6.45, 7) is 5.06. The number of hydrogen-bond donors (Lipinski definition) is 2. The number of nitrogens with zero attached hydrogens (tertiary/aromatic N) is 1. The van der Waals surface area contributed by atoms with Crippen LogP contribution in [0.15, 0.2) is 24.5 Å². The monoisotopic (exact) mass is 207 g/mol. The largest absolute Gasteiger partial charge is 0.330 e. The lowest BCUT2D eigenvalue weighted by atomic mass is 10.1. The van der Waals surface area contributed by atoms with E-state index in [0.717, 1.165) is 32.5 Å². The first-order valence-corrected chi connectivity index (χ1v) is 5.62. The van der Waals surface area contributed by atoms with E-state index in [4.69, 9.17) is 5.73 Å². The van der Waals surface area contributed by atoms with Gasteiger partial charge in [0.2, 0.25) is 0 Å². The first-order valence-electron chi connectivity index (χ1n) is 5.62. The minimum Gasteiger partial charge on any atom is -0.330 e. The van der Waals surface area contributed by atoms with Crippen molar-refractivity contribution in [3.8, 4) is 0 Å². The van der Waals surface area contributed by atoms with E-state index < -0.39 is 0 Å². The van der Waals surface area contributed by atoms with Crippen molar-refractivity contribution in [2.75, 3.05) is 19.6 Å². The molecule has 1 rings (SSSR count). The highest BCUT2D eigenvalue weighted by Gasteiger charge is 1.97. The molecule has 1 unspecified atom stereocenters. The zero-order valence-corrected chi connectivity index (χ0v) is 9.45. The Morgan fingerprint density at radius 1 is 1.33 bits per heavy atom. The summed E-state index contributed by atoms with van der Waals surface area (Å²) < 4.78 is 0. The van der Waals surface area contributed by atoms with Crippen molar-refractivity contribution < 1.29 is 0 Å². The van der Waals surface area contributed by atoms with E-state index >= 15 is 0 Å². The van der Waals surface area contributed by atoms with E-state index in [1.165, 1.54) is 5.56 Å². The van der Waals surface area contributed by atoms with Crippen LogP contribution in [0.2, 0.25) is 0 Å². The van der Waals surface area contributed by atoms with Crippen LogP contribution in [0.5, 0.6) is 0 Å². The summed E-state index contributed by atoms with van der Waals surface area (Å²) in [5, 5.41) is 3.42. The Hall–Kier alpha value is -0.930. The molecule has 3 nitrogen and oxygen atoms in total. The van der Waals surface area contributed by atoms with Crippen molar-refractivity contribution in [1.29, 1.82) is 0 Å². The van der Waals surface area contributed by atoms with Crippen molar-refractivity contribution in [2.24, 2.45) is 11.7 Å². The van der Waals surface area contributed by atoms with Crippen LogP contribution in [0.3, 0.4) is 0 Å². The van der Waals surface area contributed by atoms with E-state index in [1.54, 1.807) is 0 Å². The Balaban J connectivity index is 2.03. The maximum atomic E-state index is 5.54. The lowest BCUT2D eigenvalue weighted by Crippen LogP contribution is -2.22. The molecule has 1 aromatic heterocycles. The van der Waals surface area contributed by atoms with Crippen LogP contribution in [-0.4, -0.2) is 24.6 Å². The Morgan fingerprint density at radius 3 is 2.73 bits per heavy atom. The van der Waals surface area contributed by atoms with Crippen LogP contribution in [0, 0.1) is 5.92 Å². The fourth-order valence-corrected chi connectivity index (χ4v) is 1.37. The molecule has 0 aromatic carbocycles. The quantitative estimate of drug-likeness (QED) is 0.661.